The van der Waals surface area contributed by atoms with Gasteiger partial charge in [-0.25, -0.2) is 0 Å². The molecule has 0 saturated carbocycles. The number of rotatable bonds is 4. The summed E-state index contributed by atoms with van der Waals surface area (Å²) >= 11 is 6.05. The van der Waals surface area contributed by atoms with E-state index in [1.54, 1.807) is 0 Å². The van der Waals surface area contributed by atoms with Crippen molar-refractivity contribution < 1.29 is 0 Å². The van der Waals surface area contributed by atoms with Crippen molar-refractivity contribution in [3.63, 3.8) is 0 Å². The van der Waals surface area contributed by atoms with Crippen LogP contribution in [0, 0.1) is 5.41 Å². The van der Waals surface area contributed by atoms with Crippen LogP contribution in [0.5, 0.6) is 0 Å². The summed E-state index contributed by atoms with van der Waals surface area (Å²) in [5, 5.41) is 4.40. The third-order valence-corrected chi connectivity index (χ3v) is 2.88. The molecular weight excluding hydrogens is 218 g/mol. The Morgan fingerprint density at radius 2 is 2.00 bits per heavy atom. The third kappa shape index (κ3) is 3.80. The minimum atomic E-state index is 0.194. The maximum Gasteiger partial charge on any atom is 0.0409 e. The molecule has 2 heteroatoms. The van der Waals surface area contributed by atoms with Crippen molar-refractivity contribution >= 4 is 11.6 Å². The molecule has 0 aromatic heterocycles. The van der Waals surface area contributed by atoms with Crippen LogP contribution >= 0.6 is 11.6 Å². The lowest BCUT2D eigenvalue weighted by molar-refractivity contribution is 0.273. The zero-order valence-corrected chi connectivity index (χ0v) is 11.4. The molecule has 1 unspecified atom stereocenters. The van der Waals surface area contributed by atoms with Gasteiger partial charge in [-0.05, 0) is 36.1 Å². The van der Waals surface area contributed by atoms with Gasteiger partial charge in [0.15, 0.2) is 0 Å². The average Bonchev–Trinajstić information content (AvgIpc) is 2.16. The van der Waals surface area contributed by atoms with E-state index in [0.29, 0.717) is 6.04 Å². The second-order valence-corrected chi connectivity index (χ2v) is 5.74. The number of halogens is 1. The molecule has 90 valence electrons. The van der Waals surface area contributed by atoms with Crippen LogP contribution in [-0.4, -0.2) is 6.54 Å². The van der Waals surface area contributed by atoms with Crippen molar-refractivity contribution in [2.75, 3.05) is 6.54 Å². The fourth-order valence-corrected chi connectivity index (χ4v) is 2.10. The molecule has 1 rings (SSSR count). The van der Waals surface area contributed by atoms with Gasteiger partial charge in [-0.1, -0.05) is 51.4 Å². The van der Waals surface area contributed by atoms with Crippen molar-refractivity contribution in [2.24, 2.45) is 5.41 Å². The Morgan fingerprint density at radius 1 is 1.31 bits per heavy atom. The van der Waals surface area contributed by atoms with Crippen molar-refractivity contribution in [2.45, 2.75) is 40.2 Å². The fourth-order valence-electron chi connectivity index (χ4n) is 1.90. The van der Waals surface area contributed by atoms with Crippen LogP contribution in [0.15, 0.2) is 24.3 Å². The van der Waals surface area contributed by atoms with E-state index in [1.165, 1.54) is 5.56 Å². The van der Waals surface area contributed by atoms with Crippen molar-refractivity contribution in [1.82, 2.24) is 5.32 Å². The van der Waals surface area contributed by atoms with E-state index in [-0.39, 0.29) is 5.41 Å². The topological polar surface area (TPSA) is 12.0 Å². The van der Waals surface area contributed by atoms with Gasteiger partial charge < -0.3 is 5.32 Å². The van der Waals surface area contributed by atoms with E-state index in [2.05, 4.69) is 45.1 Å². The maximum absolute atomic E-state index is 6.05. The van der Waals surface area contributed by atoms with Gasteiger partial charge in [-0.2, -0.15) is 0 Å². The average molecular weight is 240 g/mol. The maximum atomic E-state index is 6.05. The molecule has 1 aromatic carbocycles. The smallest absolute Gasteiger partial charge is 0.0409 e. The second kappa shape index (κ2) is 5.70. The molecule has 1 N–H and O–H groups in total. The summed E-state index contributed by atoms with van der Waals surface area (Å²) in [4.78, 5) is 0. The van der Waals surface area contributed by atoms with Gasteiger partial charge in [0.05, 0.1) is 0 Å². The Kier molecular flexibility index (Phi) is 4.82. The van der Waals surface area contributed by atoms with Gasteiger partial charge in [0.2, 0.25) is 0 Å². The molecule has 0 spiro atoms. The Bertz CT molecular complexity index is 328. The predicted octanol–water partition coefficient (Wildman–Crippen LogP) is 4.43. The van der Waals surface area contributed by atoms with Gasteiger partial charge in [0.1, 0.15) is 0 Å². The van der Waals surface area contributed by atoms with Gasteiger partial charge in [0.25, 0.3) is 0 Å². The zero-order chi connectivity index (χ0) is 12.2. The van der Waals surface area contributed by atoms with Crippen LogP contribution in [0.4, 0.5) is 0 Å². The summed E-state index contributed by atoms with van der Waals surface area (Å²) < 4.78 is 0. The second-order valence-electron chi connectivity index (χ2n) is 5.31. The molecule has 16 heavy (non-hydrogen) atoms. The first-order valence-corrected chi connectivity index (χ1v) is 6.31. The molecule has 0 amide bonds. The lowest BCUT2D eigenvalue weighted by Crippen LogP contribution is -2.32. The molecule has 0 saturated heterocycles. The van der Waals surface area contributed by atoms with E-state index in [4.69, 9.17) is 11.6 Å². The van der Waals surface area contributed by atoms with Crippen LogP contribution in [0.2, 0.25) is 5.02 Å². The first-order chi connectivity index (χ1) is 7.45. The Morgan fingerprint density at radius 3 is 2.50 bits per heavy atom. The highest BCUT2D eigenvalue weighted by molar-refractivity contribution is 6.30. The monoisotopic (exact) mass is 239 g/mol. The number of benzene rings is 1. The fraction of sp³-hybridized carbons (Fsp3) is 0.571. The number of nitrogens with one attached hydrogen (secondary N) is 1. The van der Waals surface area contributed by atoms with Crippen molar-refractivity contribution in [3.8, 4) is 0 Å². The molecule has 0 aliphatic heterocycles. The highest BCUT2D eigenvalue weighted by Gasteiger charge is 2.25. The molecule has 0 heterocycles. The Hall–Kier alpha value is -0.530. The number of hydrogen-bond acceptors (Lipinski definition) is 1. The minimum Gasteiger partial charge on any atom is -0.309 e. The molecule has 1 atom stereocenters. The van der Waals surface area contributed by atoms with Crippen LogP contribution < -0.4 is 5.32 Å². The zero-order valence-electron chi connectivity index (χ0n) is 10.7. The van der Waals surface area contributed by atoms with Gasteiger partial charge in [-0.15, -0.1) is 0 Å². The van der Waals surface area contributed by atoms with E-state index in [9.17, 15) is 0 Å². The summed E-state index contributed by atoms with van der Waals surface area (Å²) in [5.41, 5.74) is 1.47. The SMILES string of the molecule is CCCNC(c1cccc(Cl)c1)C(C)(C)C. The molecule has 1 nitrogen and oxygen atoms in total. The largest absolute Gasteiger partial charge is 0.309 e. The summed E-state index contributed by atoms with van der Waals surface area (Å²) in [5.74, 6) is 0. The molecular formula is C14H22ClN. The summed E-state index contributed by atoms with van der Waals surface area (Å²) in [6.45, 7) is 9.98. The Balaban J connectivity index is 2.92. The normalized spacial score (nSPS) is 13.8. The summed E-state index contributed by atoms with van der Waals surface area (Å²) in [6, 6.07) is 8.49. The highest BCUT2D eigenvalue weighted by atomic mass is 35.5. The molecule has 1 aromatic rings. The minimum absolute atomic E-state index is 0.194. The quantitative estimate of drug-likeness (QED) is 0.820. The van der Waals surface area contributed by atoms with Gasteiger partial charge in [0, 0.05) is 11.1 Å². The molecule has 0 bridgehead atoms. The van der Waals surface area contributed by atoms with Crippen molar-refractivity contribution in [1.29, 1.82) is 0 Å². The van der Waals surface area contributed by atoms with Crippen LogP contribution in [0.3, 0.4) is 0 Å². The highest BCUT2D eigenvalue weighted by Crippen LogP contribution is 2.33. The lowest BCUT2D eigenvalue weighted by Gasteiger charge is -2.32. The Labute approximate surface area is 104 Å². The molecule has 0 aliphatic carbocycles. The van der Waals surface area contributed by atoms with Gasteiger partial charge in [-0.3, -0.25) is 0 Å². The van der Waals surface area contributed by atoms with Crippen LogP contribution in [0.1, 0.15) is 45.7 Å². The van der Waals surface area contributed by atoms with E-state index in [1.807, 2.05) is 12.1 Å². The lowest BCUT2D eigenvalue weighted by atomic mass is 9.82. The van der Waals surface area contributed by atoms with Crippen LogP contribution in [-0.2, 0) is 0 Å². The van der Waals surface area contributed by atoms with Gasteiger partial charge >= 0.3 is 0 Å². The van der Waals surface area contributed by atoms with E-state index >= 15 is 0 Å². The first kappa shape index (κ1) is 13.5. The predicted molar refractivity (Wildman–Crippen MR) is 71.9 cm³/mol. The summed E-state index contributed by atoms with van der Waals surface area (Å²) in [7, 11) is 0. The third-order valence-electron chi connectivity index (χ3n) is 2.65. The molecule has 0 aliphatic rings. The molecule has 0 radical (unpaired) electrons. The van der Waals surface area contributed by atoms with E-state index in [0.717, 1.165) is 18.0 Å². The number of hydrogen-bond donors (Lipinski definition) is 1. The first-order valence-electron chi connectivity index (χ1n) is 5.94. The standard InChI is InChI=1S/C14H22ClN/c1-5-9-16-13(14(2,3)4)11-7-6-8-12(15)10-11/h6-8,10,13,16H,5,9H2,1-4H3. The van der Waals surface area contributed by atoms with Crippen molar-refractivity contribution in [3.05, 3.63) is 34.9 Å². The van der Waals surface area contributed by atoms with Crippen LogP contribution in [0.25, 0.3) is 0 Å². The van der Waals surface area contributed by atoms with E-state index < -0.39 is 0 Å². The molecule has 0 fully saturated rings. The summed E-state index contributed by atoms with van der Waals surface area (Å²) in [6.07, 6.45) is 1.15.